The Morgan fingerprint density at radius 3 is 2.30 bits per heavy atom. The van der Waals surface area contributed by atoms with Gasteiger partial charge in [0.2, 0.25) is 0 Å². The summed E-state index contributed by atoms with van der Waals surface area (Å²) in [5, 5.41) is 11.1. The second-order valence-corrected chi connectivity index (χ2v) is 7.97. The number of carbonyl (C=O) groups excluding carboxylic acids is 3. The standard InChI is InChI=1S/C27H23NO5/c1-16-12-13-21(14-17(16)2)28-24(20-10-7-11-22(15-20)33-18(3)29)23(26(31)27(28)32)25(30)19-8-5-4-6-9-19/h4-15,24,30H,1-3H3/b25-23+. The first-order valence-electron chi connectivity index (χ1n) is 10.5. The molecular formula is C27H23NO5. The van der Waals surface area contributed by atoms with E-state index in [0.29, 0.717) is 16.8 Å². The number of rotatable bonds is 4. The van der Waals surface area contributed by atoms with Crippen LogP contribution in [0, 0.1) is 13.8 Å². The number of aryl methyl sites for hydroxylation is 2. The van der Waals surface area contributed by atoms with Gasteiger partial charge in [-0.3, -0.25) is 19.3 Å². The number of Topliss-reactive ketones (excluding diaryl/α,β-unsaturated/α-hetero) is 1. The Balaban J connectivity index is 1.95. The molecule has 1 atom stereocenters. The second-order valence-electron chi connectivity index (χ2n) is 7.97. The van der Waals surface area contributed by atoms with Crippen molar-refractivity contribution in [2.45, 2.75) is 26.8 Å². The molecule has 1 fully saturated rings. The summed E-state index contributed by atoms with van der Waals surface area (Å²) in [5.41, 5.74) is 3.48. The molecule has 0 radical (unpaired) electrons. The molecule has 1 aliphatic rings. The third-order valence-corrected chi connectivity index (χ3v) is 5.70. The number of ketones is 1. The van der Waals surface area contributed by atoms with Gasteiger partial charge < -0.3 is 9.84 Å². The summed E-state index contributed by atoms with van der Waals surface area (Å²) in [6.45, 7) is 5.18. The number of carbonyl (C=O) groups is 3. The van der Waals surface area contributed by atoms with Crippen LogP contribution in [0.15, 0.2) is 78.4 Å². The van der Waals surface area contributed by atoms with E-state index >= 15 is 0 Å². The highest BCUT2D eigenvalue weighted by Gasteiger charge is 2.47. The summed E-state index contributed by atoms with van der Waals surface area (Å²) in [7, 11) is 0. The Kier molecular flexibility index (Phi) is 5.84. The fourth-order valence-electron chi connectivity index (χ4n) is 3.96. The molecule has 4 rings (SSSR count). The number of aliphatic hydroxyl groups excluding tert-OH is 1. The molecule has 0 bridgehead atoms. The number of esters is 1. The summed E-state index contributed by atoms with van der Waals surface area (Å²) >= 11 is 0. The van der Waals surface area contributed by atoms with Crippen molar-refractivity contribution >= 4 is 29.1 Å². The van der Waals surface area contributed by atoms with E-state index < -0.39 is 23.7 Å². The van der Waals surface area contributed by atoms with Crippen LogP contribution in [0.1, 0.15) is 35.2 Å². The predicted octanol–water partition coefficient (Wildman–Crippen LogP) is 4.86. The molecule has 3 aromatic rings. The third kappa shape index (κ3) is 4.15. The maximum atomic E-state index is 13.2. The van der Waals surface area contributed by atoms with Crippen LogP contribution in [0.25, 0.3) is 5.76 Å². The average molecular weight is 441 g/mol. The van der Waals surface area contributed by atoms with Crippen molar-refractivity contribution in [3.05, 3.63) is 101 Å². The molecule has 6 nitrogen and oxygen atoms in total. The Labute approximate surface area is 191 Å². The Hall–Kier alpha value is -4.19. The molecule has 166 valence electrons. The van der Waals surface area contributed by atoms with E-state index in [1.54, 1.807) is 60.7 Å². The largest absolute Gasteiger partial charge is 0.507 e. The zero-order valence-corrected chi connectivity index (χ0v) is 18.5. The Morgan fingerprint density at radius 1 is 0.909 bits per heavy atom. The van der Waals surface area contributed by atoms with Gasteiger partial charge in [0.1, 0.15) is 11.5 Å². The smallest absolute Gasteiger partial charge is 0.308 e. The van der Waals surface area contributed by atoms with Crippen molar-refractivity contribution in [2.24, 2.45) is 0 Å². The van der Waals surface area contributed by atoms with Crippen molar-refractivity contribution in [1.82, 2.24) is 0 Å². The molecule has 1 unspecified atom stereocenters. The van der Waals surface area contributed by atoms with Gasteiger partial charge in [0.25, 0.3) is 11.7 Å². The average Bonchev–Trinajstić information content (AvgIpc) is 3.06. The zero-order valence-electron chi connectivity index (χ0n) is 18.5. The first kappa shape index (κ1) is 22.0. The van der Waals surface area contributed by atoms with Crippen molar-refractivity contribution in [3.63, 3.8) is 0 Å². The van der Waals surface area contributed by atoms with E-state index in [9.17, 15) is 19.5 Å². The highest BCUT2D eigenvalue weighted by molar-refractivity contribution is 6.51. The predicted molar refractivity (Wildman–Crippen MR) is 125 cm³/mol. The fourth-order valence-corrected chi connectivity index (χ4v) is 3.96. The number of benzene rings is 3. The minimum absolute atomic E-state index is 0.0237. The lowest BCUT2D eigenvalue weighted by Gasteiger charge is -2.26. The van der Waals surface area contributed by atoms with Gasteiger partial charge in [0.05, 0.1) is 11.6 Å². The van der Waals surface area contributed by atoms with Crippen molar-refractivity contribution in [1.29, 1.82) is 0 Å². The Bertz CT molecular complexity index is 1290. The topological polar surface area (TPSA) is 83.9 Å². The molecule has 1 heterocycles. The number of hydrogen-bond acceptors (Lipinski definition) is 5. The van der Waals surface area contributed by atoms with Crippen LogP contribution in [-0.4, -0.2) is 22.8 Å². The summed E-state index contributed by atoms with van der Waals surface area (Å²) in [6.07, 6.45) is 0. The van der Waals surface area contributed by atoms with Crippen LogP contribution >= 0.6 is 0 Å². The van der Waals surface area contributed by atoms with Crippen molar-refractivity contribution < 1.29 is 24.2 Å². The highest BCUT2D eigenvalue weighted by Crippen LogP contribution is 2.43. The monoisotopic (exact) mass is 441 g/mol. The highest BCUT2D eigenvalue weighted by atomic mass is 16.5. The number of amides is 1. The zero-order chi connectivity index (χ0) is 23.7. The van der Waals surface area contributed by atoms with Crippen molar-refractivity contribution in [2.75, 3.05) is 4.90 Å². The lowest BCUT2D eigenvalue weighted by atomic mass is 9.95. The Morgan fingerprint density at radius 2 is 1.64 bits per heavy atom. The first-order valence-corrected chi connectivity index (χ1v) is 10.5. The van der Waals surface area contributed by atoms with E-state index in [4.69, 9.17) is 4.74 Å². The normalized spacial score (nSPS) is 17.3. The minimum atomic E-state index is -0.900. The number of hydrogen-bond donors (Lipinski definition) is 1. The molecule has 33 heavy (non-hydrogen) atoms. The van der Waals surface area contributed by atoms with Gasteiger partial charge in [-0.1, -0.05) is 48.5 Å². The van der Waals surface area contributed by atoms with Crippen LogP contribution in [0.4, 0.5) is 5.69 Å². The van der Waals surface area contributed by atoms with E-state index in [0.717, 1.165) is 11.1 Å². The van der Waals surface area contributed by atoms with Crippen LogP contribution in [0.2, 0.25) is 0 Å². The van der Waals surface area contributed by atoms with Crippen LogP contribution < -0.4 is 9.64 Å². The van der Waals surface area contributed by atoms with E-state index in [1.807, 2.05) is 26.0 Å². The number of anilines is 1. The van der Waals surface area contributed by atoms with Crippen LogP contribution in [0.3, 0.4) is 0 Å². The number of aliphatic hydroxyl groups is 1. The summed E-state index contributed by atoms with van der Waals surface area (Å²) in [6, 6.07) is 19.8. The molecule has 1 amide bonds. The second kappa shape index (κ2) is 8.74. The van der Waals surface area contributed by atoms with Gasteiger partial charge in [-0.2, -0.15) is 0 Å². The lowest BCUT2D eigenvalue weighted by Crippen LogP contribution is -2.29. The molecule has 1 aliphatic heterocycles. The van der Waals surface area contributed by atoms with Crippen LogP contribution in [0.5, 0.6) is 5.75 Å². The van der Waals surface area contributed by atoms with Gasteiger partial charge in [-0.15, -0.1) is 0 Å². The summed E-state index contributed by atoms with van der Waals surface area (Å²) < 4.78 is 5.22. The third-order valence-electron chi connectivity index (χ3n) is 5.70. The number of ether oxygens (including phenoxy) is 1. The van der Waals surface area contributed by atoms with E-state index in [1.165, 1.54) is 11.8 Å². The molecule has 0 aliphatic carbocycles. The maximum Gasteiger partial charge on any atom is 0.308 e. The number of nitrogens with zero attached hydrogens (tertiary/aromatic N) is 1. The lowest BCUT2D eigenvalue weighted by molar-refractivity contribution is -0.132. The molecule has 0 saturated carbocycles. The van der Waals surface area contributed by atoms with Gasteiger partial charge in [-0.05, 0) is 54.8 Å². The molecule has 0 spiro atoms. The summed E-state index contributed by atoms with van der Waals surface area (Å²) in [4.78, 5) is 39.3. The molecule has 1 N–H and O–H groups in total. The maximum absolute atomic E-state index is 13.2. The van der Waals surface area contributed by atoms with Gasteiger partial charge in [0.15, 0.2) is 0 Å². The van der Waals surface area contributed by atoms with Crippen LogP contribution in [-0.2, 0) is 14.4 Å². The summed E-state index contributed by atoms with van der Waals surface area (Å²) in [5.74, 6) is -1.98. The van der Waals surface area contributed by atoms with E-state index in [-0.39, 0.29) is 17.1 Å². The molecule has 6 heteroatoms. The minimum Gasteiger partial charge on any atom is -0.507 e. The molecule has 0 aromatic heterocycles. The fraction of sp³-hybridized carbons (Fsp3) is 0.148. The van der Waals surface area contributed by atoms with Gasteiger partial charge >= 0.3 is 5.97 Å². The van der Waals surface area contributed by atoms with Crippen molar-refractivity contribution in [3.8, 4) is 5.75 Å². The van der Waals surface area contributed by atoms with Gasteiger partial charge in [-0.25, -0.2) is 0 Å². The van der Waals surface area contributed by atoms with Gasteiger partial charge in [0, 0.05) is 18.2 Å². The SMILES string of the molecule is CC(=O)Oc1cccc(C2/C(=C(\O)c3ccccc3)C(=O)C(=O)N2c2ccc(C)c(C)c2)c1. The first-order chi connectivity index (χ1) is 15.8. The quantitative estimate of drug-likeness (QED) is 0.206. The molecule has 3 aromatic carbocycles. The molecule has 1 saturated heterocycles. The molecular weight excluding hydrogens is 418 g/mol. The van der Waals surface area contributed by atoms with E-state index in [2.05, 4.69) is 0 Å².